The van der Waals surface area contributed by atoms with Crippen LogP contribution < -0.4 is 5.73 Å². The zero-order chi connectivity index (χ0) is 17.0. The Morgan fingerprint density at radius 3 is 2.57 bits per heavy atom. The molecule has 1 fully saturated rings. The lowest BCUT2D eigenvalue weighted by Crippen LogP contribution is -2.48. The molecule has 120 valence electrons. The number of nitrogen functional groups attached to an aromatic ring is 1. The largest absolute Gasteiger partial charge is 0.383 e. The number of amides is 1. The van der Waals surface area contributed by atoms with Crippen LogP contribution in [0.15, 0.2) is 11.1 Å². The summed E-state index contributed by atoms with van der Waals surface area (Å²) in [6.45, 7) is 4.97. The van der Waals surface area contributed by atoms with Crippen LogP contribution >= 0.6 is 11.8 Å². The van der Waals surface area contributed by atoms with Gasteiger partial charge in [-0.05, 0) is 19.9 Å². The van der Waals surface area contributed by atoms with E-state index in [0.29, 0.717) is 18.1 Å². The van der Waals surface area contributed by atoms with Crippen LogP contribution in [0.4, 0.5) is 5.82 Å². The zero-order valence-electron chi connectivity index (χ0n) is 12.9. The fourth-order valence-corrected chi connectivity index (χ4v) is 3.26. The van der Waals surface area contributed by atoms with Crippen LogP contribution in [0.25, 0.3) is 0 Å². The van der Waals surface area contributed by atoms with Crippen molar-refractivity contribution in [2.45, 2.75) is 31.1 Å². The van der Waals surface area contributed by atoms with Crippen LogP contribution in [-0.4, -0.2) is 46.8 Å². The molecule has 7 nitrogen and oxygen atoms in total. The van der Waals surface area contributed by atoms with E-state index in [-0.39, 0.29) is 40.8 Å². The lowest BCUT2D eigenvalue weighted by atomic mass is 10.2. The number of rotatable bonds is 3. The number of ether oxygens (including phenoxy) is 1. The number of thioether (sulfide) groups is 1. The number of hydrogen-bond acceptors (Lipinski definition) is 7. The second-order valence-electron chi connectivity index (χ2n) is 5.34. The molecule has 2 atom stereocenters. The SMILES string of the molecule is C[C@H]1CN(C(=O)CSc2nc(N)c(C#N)cc2C#N)C[C@H](C)O1. The average Bonchev–Trinajstić information content (AvgIpc) is 2.51. The van der Waals surface area contributed by atoms with Crippen molar-refractivity contribution in [3.8, 4) is 12.1 Å². The van der Waals surface area contributed by atoms with Gasteiger partial charge >= 0.3 is 0 Å². The number of carbonyl (C=O) groups excluding carboxylic acids is 1. The van der Waals surface area contributed by atoms with Gasteiger partial charge in [-0.25, -0.2) is 4.98 Å². The second-order valence-corrected chi connectivity index (χ2v) is 6.31. The highest BCUT2D eigenvalue weighted by Gasteiger charge is 2.26. The zero-order valence-corrected chi connectivity index (χ0v) is 13.8. The van der Waals surface area contributed by atoms with Gasteiger partial charge in [0.2, 0.25) is 5.91 Å². The van der Waals surface area contributed by atoms with Crippen LogP contribution in [0.1, 0.15) is 25.0 Å². The molecule has 1 saturated heterocycles. The fourth-order valence-electron chi connectivity index (χ4n) is 2.39. The Kier molecular flexibility index (Phi) is 5.43. The van der Waals surface area contributed by atoms with Gasteiger partial charge in [0.25, 0.3) is 0 Å². The number of morpholine rings is 1. The fraction of sp³-hybridized carbons (Fsp3) is 0.467. The average molecular weight is 331 g/mol. The first-order valence-corrected chi connectivity index (χ1v) is 8.10. The third kappa shape index (κ3) is 4.13. The van der Waals surface area contributed by atoms with Crippen molar-refractivity contribution >= 4 is 23.5 Å². The predicted octanol–water partition coefficient (Wildman–Crippen LogP) is 1.14. The Bertz CT molecular complexity index is 684. The first kappa shape index (κ1) is 17.1. The minimum Gasteiger partial charge on any atom is -0.383 e. The number of carbonyl (C=O) groups is 1. The van der Waals surface area contributed by atoms with E-state index in [2.05, 4.69) is 4.98 Å². The highest BCUT2D eigenvalue weighted by Crippen LogP contribution is 2.24. The van der Waals surface area contributed by atoms with Gasteiger partial charge in [-0.1, -0.05) is 11.8 Å². The van der Waals surface area contributed by atoms with Gasteiger partial charge in [-0.2, -0.15) is 10.5 Å². The molecule has 2 N–H and O–H groups in total. The number of nitrogens with two attached hydrogens (primary N) is 1. The maximum atomic E-state index is 12.3. The van der Waals surface area contributed by atoms with E-state index in [0.717, 1.165) is 11.8 Å². The number of anilines is 1. The van der Waals surface area contributed by atoms with Gasteiger partial charge in [0, 0.05) is 13.1 Å². The van der Waals surface area contributed by atoms with Crippen molar-refractivity contribution in [2.75, 3.05) is 24.6 Å². The van der Waals surface area contributed by atoms with E-state index < -0.39 is 0 Å². The summed E-state index contributed by atoms with van der Waals surface area (Å²) < 4.78 is 5.60. The van der Waals surface area contributed by atoms with Crippen LogP contribution in [0.3, 0.4) is 0 Å². The predicted molar refractivity (Wildman–Crippen MR) is 85.4 cm³/mol. The molecular weight excluding hydrogens is 314 g/mol. The van der Waals surface area contributed by atoms with E-state index in [9.17, 15) is 4.79 Å². The maximum absolute atomic E-state index is 12.3. The molecule has 0 spiro atoms. The lowest BCUT2D eigenvalue weighted by Gasteiger charge is -2.35. The molecule has 0 unspecified atom stereocenters. The number of hydrogen-bond donors (Lipinski definition) is 1. The third-order valence-corrected chi connectivity index (χ3v) is 4.34. The van der Waals surface area contributed by atoms with Crippen LogP contribution in [0, 0.1) is 22.7 Å². The summed E-state index contributed by atoms with van der Waals surface area (Å²) in [5.74, 6) is 0.188. The van der Waals surface area contributed by atoms with Crippen molar-refractivity contribution in [2.24, 2.45) is 0 Å². The maximum Gasteiger partial charge on any atom is 0.233 e. The standard InChI is InChI=1S/C15H17N5O2S/c1-9-6-20(7-10(2)22-9)13(21)8-23-15-12(5-17)3-11(4-16)14(18)19-15/h3,9-10H,6-8H2,1-2H3,(H2,18,19)/t9-,10-/m0/s1. The summed E-state index contributed by atoms with van der Waals surface area (Å²) in [5.41, 5.74) is 6.08. The molecule has 0 aliphatic carbocycles. The van der Waals surface area contributed by atoms with Crippen molar-refractivity contribution in [3.63, 3.8) is 0 Å². The summed E-state index contributed by atoms with van der Waals surface area (Å²) in [5, 5.41) is 18.4. The summed E-state index contributed by atoms with van der Waals surface area (Å²) in [6.07, 6.45) is 0.0112. The number of pyridine rings is 1. The minimum atomic E-state index is -0.0365. The molecule has 1 aliphatic heterocycles. The second kappa shape index (κ2) is 7.32. The Balaban J connectivity index is 2.06. The monoisotopic (exact) mass is 331 g/mol. The molecule has 0 radical (unpaired) electrons. The number of nitrogens with zero attached hydrogens (tertiary/aromatic N) is 4. The smallest absolute Gasteiger partial charge is 0.233 e. The Hall–Kier alpha value is -2.29. The van der Waals surface area contributed by atoms with Gasteiger partial charge in [0.15, 0.2) is 0 Å². The molecule has 2 heterocycles. The molecule has 0 bridgehead atoms. The first-order valence-electron chi connectivity index (χ1n) is 7.11. The van der Waals surface area contributed by atoms with Gasteiger partial charge in [0.1, 0.15) is 23.0 Å². The summed E-state index contributed by atoms with van der Waals surface area (Å²) >= 11 is 1.15. The molecule has 1 amide bonds. The molecule has 1 aliphatic rings. The number of aromatic nitrogens is 1. The summed E-state index contributed by atoms with van der Waals surface area (Å²) in [7, 11) is 0. The molecule has 1 aromatic heterocycles. The van der Waals surface area contributed by atoms with Crippen LogP contribution in [0.5, 0.6) is 0 Å². The first-order chi connectivity index (χ1) is 10.9. The molecule has 0 saturated carbocycles. The highest BCUT2D eigenvalue weighted by molar-refractivity contribution is 8.00. The number of nitriles is 2. The molecule has 0 aromatic carbocycles. The Labute approximate surface area is 139 Å². The summed E-state index contributed by atoms with van der Waals surface area (Å²) in [4.78, 5) is 18.1. The van der Waals surface area contributed by atoms with Crippen LogP contribution in [0.2, 0.25) is 0 Å². The topological polar surface area (TPSA) is 116 Å². The molecule has 2 rings (SSSR count). The Morgan fingerprint density at radius 2 is 2.00 bits per heavy atom. The molecule has 1 aromatic rings. The van der Waals surface area contributed by atoms with E-state index in [1.807, 2.05) is 26.0 Å². The normalized spacial score (nSPS) is 20.6. The van der Waals surface area contributed by atoms with Gasteiger partial charge < -0.3 is 15.4 Å². The van der Waals surface area contributed by atoms with Crippen LogP contribution in [-0.2, 0) is 9.53 Å². The minimum absolute atomic E-state index is 0.00560. The quantitative estimate of drug-likeness (QED) is 0.825. The van der Waals surface area contributed by atoms with E-state index >= 15 is 0 Å². The highest BCUT2D eigenvalue weighted by atomic mass is 32.2. The van der Waals surface area contributed by atoms with E-state index in [1.54, 1.807) is 4.90 Å². The lowest BCUT2D eigenvalue weighted by molar-refractivity contribution is -0.140. The van der Waals surface area contributed by atoms with Gasteiger partial charge in [-0.3, -0.25) is 4.79 Å². The van der Waals surface area contributed by atoms with Crippen molar-refractivity contribution < 1.29 is 9.53 Å². The van der Waals surface area contributed by atoms with E-state index in [4.69, 9.17) is 21.0 Å². The van der Waals surface area contributed by atoms with Crippen molar-refractivity contribution in [3.05, 3.63) is 17.2 Å². The Morgan fingerprint density at radius 1 is 1.39 bits per heavy atom. The van der Waals surface area contributed by atoms with Gasteiger partial charge in [-0.15, -0.1) is 0 Å². The summed E-state index contributed by atoms with van der Waals surface area (Å²) in [6, 6.07) is 5.26. The molecule has 23 heavy (non-hydrogen) atoms. The molecule has 8 heteroatoms. The van der Waals surface area contributed by atoms with Gasteiger partial charge in [0.05, 0.1) is 29.1 Å². The van der Waals surface area contributed by atoms with Crippen molar-refractivity contribution in [1.29, 1.82) is 10.5 Å². The molecular formula is C15H17N5O2S. The van der Waals surface area contributed by atoms with E-state index in [1.165, 1.54) is 6.07 Å². The third-order valence-electron chi connectivity index (χ3n) is 3.36. The van der Waals surface area contributed by atoms with Crippen molar-refractivity contribution in [1.82, 2.24) is 9.88 Å².